The van der Waals surface area contributed by atoms with Gasteiger partial charge in [-0.25, -0.2) is 9.86 Å². The molecule has 1 aromatic heterocycles. The van der Waals surface area contributed by atoms with E-state index < -0.39 is 34.5 Å². The molecular formula is C12H19N5O8. The first-order valence-corrected chi connectivity index (χ1v) is 7.28. The molecule has 1 heterocycles. The summed E-state index contributed by atoms with van der Waals surface area (Å²) < 4.78 is 9.97. The number of amides is 1. The molecule has 0 aliphatic heterocycles. The lowest BCUT2D eigenvalue weighted by molar-refractivity contribution is -0.395. The fourth-order valence-corrected chi connectivity index (χ4v) is 1.83. The van der Waals surface area contributed by atoms with Crippen molar-refractivity contribution in [2.75, 3.05) is 26.9 Å². The molecule has 0 radical (unpaired) electrons. The summed E-state index contributed by atoms with van der Waals surface area (Å²) >= 11 is 0. The fraction of sp³-hybridized carbons (Fsp3) is 0.667. The molecule has 1 aromatic rings. The first-order chi connectivity index (χ1) is 11.8. The second-order valence-corrected chi connectivity index (χ2v) is 4.35. The quantitative estimate of drug-likeness (QED) is 0.261. The number of hydroxylamine groups is 2. The van der Waals surface area contributed by atoms with Gasteiger partial charge in [-0.3, -0.25) is 9.63 Å². The predicted octanol–water partition coefficient (Wildman–Crippen LogP) is -0.588. The predicted molar refractivity (Wildman–Crippen MR) is 78.8 cm³/mol. The van der Waals surface area contributed by atoms with E-state index in [1.54, 1.807) is 6.92 Å². The van der Waals surface area contributed by atoms with Crippen LogP contribution < -0.4 is 0 Å². The summed E-state index contributed by atoms with van der Waals surface area (Å²) in [5.41, 5.74) is 0. The molecule has 1 N–H and O–H groups in total. The van der Waals surface area contributed by atoms with Gasteiger partial charge in [-0.2, -0.15) is 0 Å². The van der Waals surface area contributed by atoms with Crippen LogP contribution in [0.4, 0.5) is 5.95 Å². The smallest absolute Gasteiger partial charge is 0.460 e. The van der Waals surface area contributed by atoms with Gasteiger partial charge in [0.2, 0.25) is 0 Å². The Morgan fingerprint density at radius 1 is 1.36 bits per heavy atom. The van der Waals surface area contributed by atoms with Gasteiger partial charge in [-0.1, -0.05) is 4.68 Å². The summed E-state index contributed by atoms with van der Waals surface area (Å²) in [5, 5.41) is 25.7. The molecular weight excluding hydrogens is 342 g/mol. The third kappa shape index (κ3) is 4.07. The Morgan fingerprint density at radius 3 is 2.44 bits per heavy atom. The molecule has 1 rings (SSSR count). The van der Waals surface area contributed by atoms with E-state index in [-0.39, 0.29) is 19.8 Å². The van der Waals surface area contributed by atoms with Crippen LogP contribution in [0.15, 0.2) is 0 Å². The summed E-state index contributed by atoms with van der Waals surface area (Å²) in [5.74, 6) is -6.96. The van der Waals surface area contributed by atoms with Crippen LogP contribution in [-0.4, -0.2) is 68.6 Å². The number of aromatic nitrogens is 3. The molecule has 25 heavy (non-hydrogen) atoms. The maximum Gasteiger partial charge on any atom is 0.492 e. The Balaban J connectivity index is 3.56. The Hall–Kier alpha value is -2.64. The largest absolute Gasteiger partial charge is 0.492 e. The maximum absolute atomic E-state index is 12.4. The van der Waals surface area contributed by atoms with Gasteiger partial charge < -0.3 is 24.7 Å². The SMILES string of the molecule is CCOC(=O)C(O)(OCC)n1nc([N+](=O)[O-])nc1C(=O)N(CC)OC. The molecule has 0 bridgehead atoms. The van der Waals surface area contributed by atoms with E-state index in [4.69, 9.17) is 14.3 Å². The topological polar surface area (TPSA) is 159 Å². The van der Waals surface area contributed by atoms with Crippen LogP contribution in [0.25, 0.3) is 0 Å². The highest BCUT2D eigenvalue weighted by atomic mass is 16.7. The molecule has 0 fully saturated rings. The minimum Gasteiger partial charge on any atom is -0.460 e. The highest BCUT2D eigenvalue weighted by Gasteiger charge is 2.50. The third-order valence-corrected chi connectivity index (χ3v) is 2.86. The highest BCUT2D eigenvalue weighted by molar-refractivity contribution is 5.91. The monoisotopic (exact) mass is 361 g/mol. The molecule has 0 saturated carbocycles. The molecule has 0 aliphatic rings. The highest BCUT2D eigenvalue weighted by Crippen LogP contribution is 2.22. The van der Waals surface area contributed by atoms with Gasteiger partial charge in [0, 0.05) is 18.3 Å². The van der Waals surface area contributed by atoms with Gasteiger partial charge in [0.05, 0.1) is 13.7 Å². The van der Waals surface area contributed by atoms with Crippen molar-refractivity contribution in [2.45, 2.75) is 26.7 Å². The van der Waals surface area contributed by atoms with Gasteiger partial charge in [0.15, 0.2) is 0 Å². The van der Waals surface area contributed by atoms with Crippen LogP contribution in [0.1, 0.15) is 31.4 Å². The number of hydrogen-bond donors (Lipinski definition) is 1. The molecule has 0 aromatic carbocycles. The molecule has 0 spiro atoms. The third-order valence-electron chi connectivity index (χ3n) is 2.86. The van der Waals surface area contributed by atoms with Crippen LogP contribution in [0.2, 0.25) is 0 Å². The standard InChI is InChI=1S/C12H19N5O8/c1-5-15(23-4)9(18)8-13-11(17(21)22)14-16(8)12(20,25-7-3)10(19)24-6-2/h20H,5-7H2,1-4H3. The molecule has 0 saturated heterocycles. The minimum atomic E-state index is -2.91. The fourth-order valence-electron chi connectivity index (χ4n) is 1.83. The summed E-state index contributed by atoms with van der Waals surface area (Å²) in [4.78, 5) is 42.8. The Bertz CT molecular complexity index is 643. The molecule has 1 amide bonds. The molecule has 140 valence electrons. The van der Waals surface area contributed by atoms with Gasteiger partial charge in [-0.05, 0) is 30.7 Å². The number of hydrogen-bond acceptors (Lipinski definition) is 10. The van der Waals surface area contributed by atoms with Crippen molar-refractivity contribution in [3.05, 3.63) is 15.9 Å². The Kier molecular flexibility index (Phi) is 6.90. The van der Waals surface area contributed by atoms with Crippen LogP contribution >= 0.6 is 0 Å². The minimum absolute atomic E-state index is 0.0580. The van der Waals surface area contributed by atoms with E-state index >= 15 is 0 Å². The number of carbonyl (C=O) groups is 2. The van der Waals surface area contributed by atoms with Crippen molar-refractivity contribution in [2.24, 2.45) is 0 Å². The van der Waals surface area contributed by atoms with Crippen molar-refractivity contribution in [1.29, 1.82) is 0 Å². The van der Waals surface area contributed by atoms with Crippen molar-refractivity contribution < 1.29 is 33.9 Å². The first kappa shape index (κ1) is 20.4. The van der Waals surface area contributed by atoms with Crippen LogP contribution in [0, 0.1) is 10.1 Å². The average Bonchev–Trinajstić information content (AvgIpc) is 3.02. The zero-order valence-electron chi connectivity index (χ0n) is 14.2. The van der Waals surface area contributed by atoms with E-state index in [2.05, 4.69) is 10.1 Å². The summed E-state index contributed by atoms with van der Waals surface area (Å²) in [7, 11) is 1.19. The van der Waals surface area contributed by atoms with E-state index in [1.807, 2.05) is 0 Å². The second-order valence-electron chi connectivity index (χ2n) is 4.35. The lowest BCUT2D eigenvalue weighted by atomic mass is 10.4. The van der Waals surface area contributed by atoms with E-state index in [0.29, 0.717) is 4.68 Å². The summed E-state index contributed by atoms with van der Waals surface area (Å²) in [6.07, 6.45) is 0. The van der Waals surface area contributed by atoms with E-state index in [0.717, 1.165) is 5.06 Å². The number of rotatable bonds is 9. The van der Waals surface area contributed by atoms with Crippen LogP contribution in [-0.2, 0) is 25.0 Å². The van der Waals surface area contributed by atoms with E-state index in [9.17, 15) is 24.8 Å². The van der Waals surface area contributed by atoms with E-state index in [1.165, 1.54) is 21.0 Å². The van der Waals surface area contributed by atoms with Crippen molar-refractivity contribution in [1.82, 2.24) is 19.8 Å². The molecule has 0 aliphatic carbocycles. The average molecular weight is 361 g/mol. The molecule has 13 heteroatoms. The van der Waals surface area contributed by atoms with Gasteiger partial charge in [0.25, 0.3) is 0 Å². The van der Waals surface area contributed by atoms with Gasteiger partial charge >= 0.3 is 29.6 Å². The normalized spacial score (nSPS) is 13.2. The number of nitro groups is 1. The lowest BCUT2D eigenvalue weighted by Gasteiger charge is -2.24. The summed E-state index contributed by atoms with van der Waals surface area (Å²) in [6.45, 7) is 4.24. The van der Waals surface area contributed by atoms with Crippen molar-refractivity contribution in [3.63, 3.8) is 0 Å². The number of esters is 1. The number of nitrogens with zero attached hydrogens (tertiary/aromatic N) is 5. The van der Waals surface area contributed by atoms with Gasteiger partial charge in [-0.15, -0.1) is 0 Å². The van der Waals surface area contributed by atoms with Crippen molar-refractivity contribution in [3.8, 4) is 0 Å². The lowest BCUT2D eigenvalue weighted by Crippen LogP contribution is -2.49. The second kappa shape index (κ2) is 8.46. The number of carbonyl (C=O) groups excluding carboxylic acids is 2. The molecule has 13 nitrogen and oxygen atoms in total. The number of aliphatic hydroxyl groups is 1. The maximum atomic E-state index is 12.4. The zero-order chi connectivity index (χ0) is 19.2. The van der Waals surface area contributed by atoms with Crippen LogP contribution in [0.3, 0.4) is 0 Å². The van der Waals surface area contributed by atoms with Crippen molar-refractivity contribution >= 4 is 17.8 Å². The number of ether oxygens (including phenoxy) is 2. The Labute approximate surface area is 142 Å². The zero-order valence-corrected chi connectivity index (χ0v) is 14.2. The molecule has 1 atom stereocenters. The Morgan fingerprint density at radius 2 is 2.00 bits per heavy atom. The van der Waals surface area contributed by atoms with Gasteiger partial charge in [0.1, 0.15) is 0 Å². The molecule has 1 unspecified atom stereocenters. The van der Waals surface area contributed by atoms with Crippen LogP contribution in [0.5, 0.6) is 0 Å². The first-order valence-electron chi connectivity index (χ1n) is 7.28. The summed E-state index contributed by atoms with van der Waals surface area (Å²) in [6, 6.07) is 0.